The second kappa shape index (κ2) is 10.3. The van der Waals surface area contributed by atoms with Gasteiger partial charge in [0.2, 0.25) is 0 Å². The van der Waals surface area contributed by atoms with Crippen molar-refractivity contribution in [1.29, 1.82) is 0 Å². The SMILES string of the molecule is COCCN(CCN1CCCCC1)c1c(N)n(Cc2ccccc2)c(=O)[nH]c1=O. The minimum absolute atomic E-state index is 0.192. The number of aromatic nitrogens is 2. The topological polar surface area (TPSA) is 96.6 Å². The van der Waals surface area contributed by atoms with Crippen molar-refractivity contribution in [3.63, 3.8) is 0 Å². The number of benzene rings is 1. The largest absolute Gasteiger partial charge is 0.383 e. The number of nitrogens with zero attached hydrogens (tertiary/aromatic N) is 3. The maximum absolute atomic E-state index is 12.7. The highest BCUT2D eigenvalue weighted by Gasteiger charge is 2.20. The van der Waals surface area contributed by atoms with E-state index in [1.165, 1.54) is 23.8 Å². The van der Waals surface area contributed by atoms with Gasteiger partial charge in [-0.15, -0.1) is 0 Å². The lowest BCUT2D eigenvalue weighted by molar-refractivity contribution is 0.200. The summed E-state index contributed by atoms with van der Waals surface area (Å²) in [6.45, 7) is 4.97. The third-order valence-electron chi connectivity index (χ3n) is 5.41. The second-order valence-corrected chi connectivity index (χ2v) is 7.45. The van der Waals surface area contributed by atoms with Crippen LogP contribution in [0.15, 0.2) is 39.9 Å². The molecule has 2 heterocycles. The standard InChI is InChI=1S/C21H31N5O3/c1-29-15-14-25(13-12-24-10-6-3-7-11-24)18-19(22)26(21(28)23-20(18)27)16-17-8-4-2-5-9-17/h2,4-5,8-9H,3,6-7,10-16,22H2,1H3,(H,23,27,28). The van der Waals surface area contributed by atoms with E-state index in [0.717, 1.165) is 25.2 Å². The van der Waals surface area contributed by atoms with Crippen molar-refractivity contribution >= 4 is 11.5 Å². The van der Waals surface area contributed by atoms with Gasteiger partial charge in [-0.3, -0.25) is 14.3 Å². The Kier molecular flexibility index (Phi) is 7.48. The first-order valence-corrected chi connectivity index (χ1v) is 10.2. The van der Waals surface area contributed by atoms with Crippen LogP contribution in [0.1, 0.15) is 24.8 Å². The minimum atomic E-state index is -0.497. The minimum Gasteiger partial charge on any atom is -0.383 e. The molecule has 158 valence electrons. The van der Waals surface area contributed by atoms with Gasteiger partial charge < -0.3 is 20.3 Å². The van der Waals surface area contributed by atoms with E-state index in [2.05, 4.69) is 9.88 Å². The summed E-state index contributed by atoms with van der Waals surface area (Å²) in [5, 5.41) is 0. The molecular weight excluding hydrogens is 370 g/mol. The van der Waals surface area contributed by atoms with Crippen LogP contribution in [0, 0.1) is 0 Å². The number of nitrogens with two attached hydrogens (primary N) is 1. The molecule has 1 aliphatic rings. The van der Waals surface area contributed by atoms with E-state index in [0.29, 0.717) is 31.9 Å². The molecule has 8 heteroatoms. The number of aromatic amines is 1. The Morgan fingerprint density at radius 1 is 1.10 bits per heavy atom. The first kappa shape index (κ1) is 21.1. The zero-order valence-electron chi connectivity index (χ0n) is 17.1. The van der Waals surface area contributed by atoms with Gasteiger partial charge in [0, 0.05) is 26.7 Å². The molecule has 0 amide bonds. The van der Waals surface area contributed by atoms with Crippen LogP contribution in [0.4, 0.5) is 11.5 Å². The third kappa shape index (κ3) is 5.48. The van der Waals surface area contributed by atoms with E-state index in [1.807, 2.05) is 35.2 Å². The number of nitrogen functional groups attached to an aromatic ring is 1. The van der Waals surface area contributed by atoms with Crippen LogP contribution in [0.3, 0.4) is 0 Å². The molecule has 3 rings (SSSR count). The number of rotatable bonds is 9. The van der Waals surface area contributed by atoms with E-state index < -0.39 is 11.2 Å². The molecular formula is C21H31N5O3. The van der Waals surface area contributed by atoms with E-state index >= 15 is 0 Å². The maximum atomic E-state index is 12.7. The van der Waals surface area contributed by atoms with Gasteiger partial charge in [0.1, 0.15) is 11.5 Å². The fraction of sp³-hybridized carbons (Fsp3) is 0.524. The zero-order valence-corrected chi connectivity index (χ0v) is 17.1. The Bertz CT molecular complexity index is 887. The van der Waals surface area contributed by atoms with Crippen molar-refractivity contribution in [2.45, 2.75) is 25.8 Å². The predicted molar refractivity (Wildman–Crippen MR) is 116 cm³/mol. The molecule has 3 N–H and O–H groups in total. The number of anilines is 2. The Labute approximate surface area is 170 Å². The molecule has 1 aromatic heterocycles. The summed E-state index contributed by atoms with van der Waals surface area (Å²) in [7, 11) is 1.63. The summed E-state index contributed by atoms with van der Waals surface area (Å²) in [6, 6.07) is 9.59. The Hall–Kier alpha value is -2.58. The van der Waals surface area contributed by atoms with Gasteiger partial charge in [0.05, 0.1) is 13.2 Å². The molecule has 29 heavy (non-hydrogen) atoms. The predicted octanol–water partition coefficient (Wildman–Crippen LogP) is 1.11. The summed E-state index contributed by atoms with van der Waals surface area (Å²) in [4.78, 5) is 31.9. The summed E-state index contributed by atoms with van der Waals surface area (Å²) < 4.78 is 6.66. The molecule has 1 fully saturated rings. The first-order valence-electron chi connectivity index (χ1n) is 10.2. The summed E-state index contributed by atoms with van der Waals surface area (Å²) >= 11 is 0. The number of likely N-dealkylation sites (tertiary alicyclic amines) is 1. The lowest BCUT2D eigenvalue weighted by Gasteiger charge is -2.31. The van der Waals surface area contributed by atoms with Crippen LogP contribution in [0.5, 0.6) is 0 Å². The first-order chi connectivity index (χ1) is 14.1. The third-order valence-corrected chi connectivity index (χ3v) is 5.41. The Morgan fingerprint density at radius 3 is 2.52 bits per heavy atom. The Morgan fingerprint density at radius 2 is 1.83 bits per heavy atom. The van der Waals surface area contributed by atoms with Crippen LogP contribution < -0.4 is 21.9 Å². The summed E-state index contributed by atoms with van der Waals surface area (Å²) in [5.74, 6) is 0.192. The number of H-pyrrole nitrogens is 1. The van der Waals surface area contributed by atoms with Crippen molar-refractivity contribution < 1.29 is 4.74 Å². The van der Waals surface area contributed by atoms with Gasteiger partial charge in [-0.25, -0.2) is 4.79 Å². The number of nitrogens with one attached hydrogen (secondary N) is 1. The zero-order chi connectivity index (χ0) is 20.6. The van der Waals surface area contributed by atoms with Crippen LogP contribution >= 0.6 is 0 Å². The summed E-state index contributed by atoms with van der Waals surface area (Å²) in [6.07, 6.45) is 3.70. The van der Waals surface area contributed by atoms with Gasteiger partial charge in [-0.05, 0) is 31.5 Å². The molecule has 0 bridgehead atoms. The van der Waals surface area contributed by atoms with Crippen LogP contribution in [0.25, 0.3) is 0 Å². The molecule has 0 radical (unpaired) electrons. The Balaban J connectivity index is 1.88. The molecule has 0 spiro atoms. The molecule has 0 atom stereocenters. The van der Waals surface area contributed by atoms with E-state index in [-0.39, 0.29) is 5.82 Å². The summed E-state index contributed by atoms with van der Waals surface area (Å²) in [5.41, 5.74) is 6.69. The van der Waals surface area contributed by atoms with Crippen LogP contribution in [-0.4, -0.2) is 60.9 Å². The maximum Gasteiger partial charge on any atom is 0.330 e. The molecule has 1 aromatic carbocycles. The number of hydrogen-bond acceptors (Lipinski definition) is 6. The molecule has 2 aromatic rings. The van der Waals surface area contributed by atoms with E-state index in [9.17, 15) is 9.59 Å². The number of ether oxygens (including phenoxy) is 1. The highest BCUT2D eigenvalue weighted by Crippen LogP contribution is 2.18. The fourth-order valence-electron chi connectivity index (χ4n) is 3.79. The molecule has 1 saturated heterocycles. The van der Waals surface area contributed by atoms with Gasteiger partial charge in [0.25, 0.3) is 5.56 Å². The van der Waals surface area contributed by atoms with Gasteiger partial charge in [-0.2, -0.15) is 0 Å². The van der Waals surface area contributed by atoms with Gasteiger partial charge in [-0.1, -0.05) is 36.8 Å². The van der Waals surface area contributed by atoms with Gasteiger partial charge in [0.15, 0.2) is 0 Å². The lowest BCUT2D eigenvalue weighted by Crippen LogP contribution is -2.43. The van der Waals surface area contributed by atoms with E-state index in [1.54, 1.807) is 7.11 Å². The van der Waals surface area contributed by atoms with E-state index in [4.69, 9.17) is 10.5 Å². The highest BCUT2D eigenvalue weighted by atomic mass is 16.5. The average molecular weight is 402 g/mol. The number of hydrogen-bond donors (Lipinski definition) is 2. The quantitative estimate of drug-likeness (QED) is 0.653. The van der Waals surface area contributed by atoms with Gasteiger partial charge >= 0.3 is 5.69 Å². The molecule has 0 aliphatic carbocycles. The lowest BCUT2D eigenvalue weighted by atomic mass is 10.1. The van der Waals surface area contributed by atoms with Crippen LogP contribution in [0.2, 0.25) is 0 Å². The monoisotopic (exact) mass is 401 g/mol. The molecule has 8 nitrogen and oxygen atoms in total. The normalized spacial score (nSPS) is 14.8. The van der Waals surface area contributed by atoms with Crippen molar-refractivity contribution in [1.82, 2.24) is 14.5 Å². The molecule has 0 saturated carbocycles. The van der Waals surface area contributed by atoms with Crippen molar-refractivity contribution in [2.24, 2.45) is 0 Å². The molecule has 0 unspecified atom stereocenters. The molecule has 1 aliphatic heterocycles. The smallest absolute Gasteiger partial charge is 0.330 e. The number of methoxy groups -OCH3 is 1. The van der Waals surface area contributed by atoms with Crippen molar-refractivity contribution in [2.75, 3.05) is 57.1 Å². The van der Waals surface area contributed by atoms with Crippen molar-refractivity contribution in [3.05, 3.63) is 56.7 Å². The van der Waals surface area contributed by atoms with Crippen LogP contribution in [-0.2, 0) is 11.3 Å². The van der Waals surface area contributed by atoms with Crippen molar-refractivity contribution in [3.8, 4) is 0 Å². The average Bonchev–Trinajstić information content (AvgIpc) is 2.74. The number of piperidine rings is 1. The fourth-order valence-corrected chi connectivity index (χ4v) is 3.79. The highest BCUT2D eigenvalue weighted by molar-refractivity contribution is 5.62. The second-order valence-electron chi connectivity index (χ2n) is 7.45.